The second kappa shape index (κ2) is 6.97. The van der Waals surface area contributed by atoms with E-state index in [1.165, 1.54) is 31.2 Å². The van der Waals surface area contributed by atoms with Gasteiger partial charge in [0.2, 0.25) is 0 Å². The largest absolute Gasteiger partial charge is 0.361 e. The Morgan fingerprint density at radius 1 is 1.23 bits per heavy atom. The number of benzene rings is 1. The highest BCUT2D eigenvalue weighted by Gasteiger charge is 2.39. The number of nitrogens with zero attached hydrogens (tertiary/aromatic N) is 1. The van der Waals surface area contributed by atoms with Crippen molar-refractivity contribution in [1.82, 2.24) is 15.5 Å². The summed E-state index contributed by atoms with van der Waals surface area (Å²) in [5.74, 6) is 1.80. The molecule has 1 aromatic carbocycles. The van der Waals surface area contributed by atoms with Crippen LogP contribution in [0.1, 0.15) is 37.3 Å². The van der Waals surface area contributed by atoms with E-state index in [2.05, 4.69) is 60.0 Å². The van der Waals surface area contributed by atoms with Crippen molar-refractivity contribution in [2.24, 2.45) is 11.8 Å². The Hall–Kier alpha value is -1.13. The van der Waals surface area contributed by atoms with Crippen LogP contribution in [0.15, 0.2) is 30.3 Å². The molecule has 2 bridgehead atoms. The number of likely N-dealkylation sites (N-methyl/N-ethyl adjacent to an activating group) is 1. The van der Waals surface area contributed by atoms with Gasteiger partial charge in [-0.3, -0.25) is 0 Å². The lowest BCUT2D eigenvalue weighted by atomic mass is 9.95. The first-order valence-corrected chi connectivity index (χ1v) is 8.80. The molecule has 0 heterocycles. The van der Waals surface area contributed by atoms with Crippen molar-refractivity contribution in [3.63, 3.8) is 0 Å². The lowest BCUT2D eigenvalue weighted by Gasteiger charge is -2.28. The first-order valence-electron chi connectivity index (χ1n) is 8.39. The zero-order chi connectivity index (χ0) is 15.5. The molecule has 120 valence electrons. The number of nitrogens with one attached hydrogen (secondary N) is 2. The van der Waals surface area contributed by atoms with Crippen LogP contribution in [0, 0.1) is 11.8 Å². The summed E-state index contributed by atoms with van der Waals surface area (Å²) in [5.41, 5.74) is 1.32. The van der Waals surface area contributed by atoms with Gasteiger partial charge in [-0.05, 0) is 63.0 Å². The Morgan fingerprint density at radius 2 is 2.00 bits per heavy atom. The predicted octanol–water partition coefficient (Wildman–Crippen LogP) is 2.94. The minimum Gasteiger partial charge on any atom is -0.361 e. The van der Waals surface area contributed by atoms with Crippen LogP contribution in [0.4, 0.5) is 0 Å². The predicted molar refractivity (Wildman–Crippen MR) is 95.8 cm³/mol. The van der Waals surface area contributed by atoms with Crippen LogP contribution < -0.4 is 10.6 Å². The molecular formula is C18H27N3S. The minimum atomic E-state index is 0.334. The van der Waals surface area contributed by atoms with E-state index in [0.29, 0.717) is 12.1 Å². The molecule has 2 N–H and O–H groups in total. The molecule has 4 heteroatoms. The molecule has 4 atom stereocenters. The maximum atomic E-state index is 5.52. The molecule has 2 fully saturated rings. The molecule has 0 spiro atoms. The first-order chi connectivity index (χ1) is 10.6. The van der Waals surface area contributed by atoms with Crippen LogP contribution in [-0.2, 0) is 0 Å². The molecule has 3 rings (SSSR count). The Balaban J connectivity index is 1.50. The Labute approximate surface area is 139 Å². The van der Waals surface area contributed by atoms with Crippen LogP contribution in [0.25, 0.3) is 0 Å². The summed E-state index contributed by atoms with van der Waals surface area (Å²) in [5, 5.41) is 7.81. The van der Waals surface area contributed by atoms with Crippen molar-refractivity contribution in [2.45, 2.75) is 37.8 Å². The quantitative estimate of drug-likeness (QED) is 0.817. The third-order valence-electron chi connectivity index (χ3n) is 5.32. The molecule has 0 aliphatic heterocycles. The van der Waals surface area contributed by atoms with E-state index in [9.17, 15) is 0 Å². The second-order valence-corrected chi connectivity index (χ2v) is 7.43. The molecule has 22 heavy (non-hydrogen) atoms. The highest BCUT2D eigenvalue weighted by Crippen LogP contribution is 2.44. The van der Waals surface area contributed by atoms with E-state index >= 15 is 0 Å². The van der Waals surface area contributed by atoms with E-state index < -0.39 is 0 Å². The summed E-state index contributed by atoms with van der Waals surface area (Å²) in [6.45, 7) is 0.837. The summed E-state index contributed by atoms with van der Waals surface area (Å²) in [7, 11) is 4.23. The molecule has 2 saturated carbocycles. The van der Waals surface area contributed by atoms with Gasteiger partial charge in [-0.25, -0.2) is 0 Å². The molecule has 3 nitrogen and oxygen atoms in total. The third-order valence-corrected chi connectivity index (χ3v) is 5.58. The summed E-state index contributed by atoms with van der Waals surface area (Å²) >= 11 is 5.52. The molecule has 0 amide bonds. The fraction of sp³-hybridized carbons (Fsp3) is 0.611. The van der Waals surface area contributed by atoms with Gasteiger partial charge in [0.05, 0.1) is 6.04 Å². The van der Waals surface area contributed by atoms with Crippen molar-refractivity contribution in [3.05, 3.63) is 35.9 Å². The highest BCUT2D eigenvalue weighted by atomic mass is 32.1. The zero-order valence-corrected chi connectivity index (χ0v) is 14.4. The molecule has 0 aromatic heterocycles. The number of hydrogen-bond acceptors (Lipinski definition) is 2. The lowest BCUT2D eigenvalue weighted by molar-refractivity contribution is 0.297. The molecule has 0 unspecified atom stereocenters. The number of thiocarbonyl (C=S) groups is 1. The zero-order valence-electron chi connectivity index (χ0n) is 13.6. The summed E-state index contributed by atoms with van der Waals surface area (Å²) < 4.78 is 0. The number of hydrogen-bond donors (Lipinski definition) is 2. The maximum Gasteiger partial charge on any atom is 0.166 e. The molecule has 1 aromatic rings. The van der Waals surface area contributed by atoms with Crippen LogP contribution in [0.2, 0.25) is 0 Å². The van der Waals surface area contributed by atoms with Gasteiger partial charge < -0.3 is 15.5 Å². The van der Waals surface area contributed by atoms with Crippen LogP contribution in [0.5, 0.6) is 0 Å². The van der Waals surface area contributed by atoms with Gasteiger partial charge in [0.25, 0.3) is 0 Å². The smallest absolute Gasteiger partial charge is 0.166 e. The molecule has 0 radical (unpaired) electrons. The van der Waals surface area contributed by atoms with Crippen LogP contribution in [0.3, 0.4) is 0 Å². The number of rotatable bonds is 5. The average Bonchev–Trinajstić information content (AvgIpc) is 3.11. The fourth-order valence-electron chi connectivity index (χ4n) is 4.10. The van der Waals surface area contributed by atoms with Gasteiger partial charge in [-0.15, -0.1) is 0 Å². The van der Waals surface area contributed by atoms with E-state index in [1.807, 2.05) is 0 Å². The Bertz CT molecular complexity index is 502. The van der Waals surface area contributed by atoms with E-state index in [1.54, 1.807) is 0 Å². The van der Waals surface area contributed by atoms with Gasteiger partial charge in [-0.2, -0.15) is 0 Å². The SMILES string of the molecule is CN(C)[C@H](CNC(=S)N[C@H]1C[C@H]2CC[C@H]1C2)c1ccccc1. The number of fused-ring (bicyclic) bond motifs is 2. The van der Waals surface area contributed by atoms with Crippen molar-refractivity contribution < 1.29 is 0 Å². The highest BCUT2D eigenvalue weighted by molar-refractivity contribution is 7.80. The topological polar surface area (TPSA) is 27.3 Å². The van der Waals surface area contributed by atoms with E-state index in [0.717, 1.165) is 23.5 Å². The van der Waals surface area contributed by atoms with Crippen molar-refractivity contribution >= 4 is 17.3 Å². The molecule has 2 aliphatic carbocycles. The normalized spacial score (nSPS) is 27.9. The summed E-state index contributed by atoms with van der Waals surface area (Å²) in [6, 6.07) is 11.5. The van der Waals surface area contributed by atoms with Gasteiger partial charge in [0.15, 0.2) is 5.11 Å². The summed E-state index contributed by atoms with van der Waals surface area (Å²) in [4.78, 5) is 2.24. The van der Waals surface area contributed by atoms with Crippen LogP contribution >= 0.6 is 12.2 Å². The third kappa shape index (κ3) is 3.61. The van der Waals surface area contributed by atoms with E-state index in [-0.39, 0.29) is 0 Å². The fourth-order valence-corrected chi connectivity index (χ4v) is 4.34. The Morgan fingerprint density at radius 3 is 2.59 bits per heavy atom. The van der Waals surface area contributed by atoms with Gasteiger partial charge in [-0.1, -0.05) is 36.8 Å². The maximum absolute atomic E-state index is 5.52. The lowest BCUT2D eigenvalue weighted by Crippen LogP contribution is -2.46. The van der Waals surface area contributed by atoms with E-state index in [4.69, 9.17) is 12.2 Å². The Kier molecular flexibility index (Phi) is 4.99. The van der Waals surface area contributed by atoms with Crippen molar-refractivity contribution in [3.8, 4) is 0 Å². The van der Waals surface area contributed by atoms with Gasteiger partial charge in [0, 0.05) is 12.6 Å². The second-order valence-electron chi connectivity index (χ2n) is 7.03. The molecule has 0 saturated heterocycles. The minimum absolute atomic E-state index is 0.334. The first kappa shape index (κ1) is 15.8. The summed E-state index contributed by atoms with van der Waals surface area (Å²) in [6.07, 6.45) is 5.53. The van der Waals surface area contributed by atoms with Gasteiger partial charge in [0.1, 0.15) is 0 Å². The van der Waals surface area contributed by atoms with Crippen molar-refractivity contribution in [1.29, 1.82) is 0 Å². The van der Waals surface area contributed by atoms with Gasteiger partial charge >= 0.3 is 0 Å². The average molecular weight is 318 g/mol. The molecular weight excluding hydrogens is 290 g/mol. The standard InChI is InChI=1S/C18H27N3S/c1-21(2)17(14-6-4-3-5-7-14)12-19-18(22)20-16-11-13-8-9-15(16)10-13/h3-7,13,15-17H,8-12H2,1-2H3,(H2,19,20,22)/t13-,15-,16-,17+/m0/s1. The van der Waals surface area contributed by atoms with Crippen molar-refractivity contribution in [2.75, 3.05) is 20.6 Å². The van der Waals surface area contributed by atoms with Crippen LogP contribution in [-0.4, -0.2) is 36.7 Å². The molecule has 2 aliphatic rings. The monoisotopic (exact) mass is 317 g/mol.